The minimum absolute atomic E-state index is 0.116. The van der Waals surface area contributed by atoms with Crippen LogP contribution in [0.5, 0.6) is 0 Å². The van der Waals surface area contributed by atoms with Crippen molar-refractivity contribution in [2.45, 2.75) is 57.7 Å². The first-order chi connectivity index (χ1) is 6.73. The quantitative estimate of drug-likeness (QED) is 0.738. The van der Waals surface area contributed by atoms with Crippen LogP contribution in [0, 0.1) is 0 Å². The summed E-state index contributed by atoms with van der Waals surface area (Å²) in [5, 5.41) is 3.50. The smallest absolute Gasteiger partial charge is 0.244 e. The van der Waals surface area contributed by atoms with Crippen LogP contribution in [-0.2, 0) is 4.79 Å². The summed E-state index contributed by atoms with van der Waals surface area (Å²) in [5.41, 5.74) is -0.116. The molecule has 1 saturated carbocycles. The third-order valence-corrected chi connectivity index (χ3v) is 3.27. The number of amides is 1. The van der Waals surface area contributed by atoms with Crippen LogP contribution in [-0.4, -0.2) is 29.1 Å². The average molecular weight is 196 g/mol. The van der Waals surface area contributed by atoms with Gasteiger partial charge in [0.1, 0.15) is 0 Å². The molecule has 0 bridgehead atoms. The molecule has 1 atom stereocenters. The molecule has 0 aromatic rings. The molecule has 1 unspecified atom stereocenters. The maximum atomic E-state index is 12.0. The lowest BCUT2D eigenvalue weighted by atomic mass is 10.2. The summed E-state index contributed by atoms with van der Waals surface area (Å²) in [5.74, 6) is 0.359. The van der Waals surface area contributed by atoms with Crippen LogP contribution in [0.25, 0.3) is 0 Å². The molecule has 1 amide bonds. The summed E-state index contributed by atoms with van der Waals surface area (Å²) in [4.78, 5) is 14.1. The number of nitrogens with zero attached hydrogens (tertiary/aromatic N) is 1. The van der Waals surface area contributed by atoms with Gasteiger partial charge >= 0.3 is 0 Å². The third-order valence-electron chi connectivity index (χ3n) is 3.27. The van der Waals surface area contributed by atoms with E-state index in [9.17, 15) is 4.79 Å². The fourth-order valence-electron chi connectivity index (χ4n) is 2.36. The standard InChI is InChI=1S/C11H20N2O/c1-3-5-9-12-11(6-7-11)10(14)13(9)8-4-2/h9,12H,3-8H2,1-2H3. The first kappa shape index (κ1) is 9.97. The molecule has 2 aliphatic rings. The molecule has 1 aliphatic carbocycles. The monoisotopic (exact) mass is 196 g/mol. The van der Waals surface area contributed by atoms with E-state index in [4.69, 9.17) is 0 Å². The SMILES string of the molecule is CCCC1NC2(CC2)C(=O)N1CCC. The molecule has 0 aromatic carbocycles. The maximum absolute atomic E-state index is 12.0. The second kappa shape index (κ2) is 3.54. The Kier molecular flexibility index (Phi) is 2.52. The number of hydrogen-bond acceptors (Lipinski definition) is 2. The molecule has 1 saturated heterocycles. The molecule has 0 aromatic heterocycles. The molecule has 2 rings (SSSR count). The van der Waals surface area contributed by atoms with Crippen molar-refractivity contribution < 1.29 is 4.79 Å². The first-order valence-corrected chi connectivity index (χ1v) is 5.82. The van der Waals surface area contributed by atoms with Crippen molar-refractivity contribution in [1.82, 2.24) is 10.2 Å². The number of carbonyl (C=O) groups excluding carboxylic acids is 1. The van der Waals surface area contributed by atoms with Crippen molar-refractivity contribution in [2.24, 2.45) is 0 Å². The van der Waals surface area contributed by atoms with Crippen molar-refractivity contribution in [3.05, 3.63) is 0 Å². The highest BCUT2D eigenvalue weighted by molar-refractivity contribution is 5.91. The zero-order valence-corrected chi connectivity index (χ0v) is 9.18. The first-order valence-electron chi connectivity index (χ1n) is 5.82. The van der Waals surface area contributed by atoms with Gasteiger partial charge in [0, 0.05) is 6.54 Å². The topological polar surface area (TPSA) is 32.3 Å². The van der Waals surface area contributed by atoms with Crippen molar-refractivity contribution in [2.75, 3.05) is 6.54 Å². The van der Waals surface area contributed by atoms with E-state index >= 15 is 0 Å². The molecule has 0 radical (unpaired) electrons. The van der Waals surface area contributed by atoms with E-state index in [1.807, 2.05) is 0 Å². The van der Waals surface area contributed by atoms with Crippen LogP contribution < -0.4 is 5.32 Å². The average Bonchev–Trinajstić information content (AvgIpc) is 2.89. The van der Waals surface area contributed by atoms with Crippen LogP contribution in [0.15, 0.2) is 0 Å². The lowest BCUT2D eigenvalue weighted by Crippen LogP contribution is -2.37. The summed E-state index contributed by atoms with van der Waals surface area (Å²) in [7, 11) is 0. The summed E-state index contributed by atoms with van der Waals surface area (Å²) in [6.07, 6.45) is 5.70. The molecule has 1 spiro atoms. The molecular weight excluding hydrogens is 176 g/mol. The summed E-state index contributed by atoms with van der Waals surface area (Å²) in [6, 6.07) is 0. The minimum atomic E-state index is -0.116. The molecular formula is C11H20N2O. The van der Waals surface area contributed by atoms with Crippen LogP contribution >= 0.6 is 0 Å². The fourth-order valence-corrected chi connectivity index (χ4v) is 2.36. The van der Waals surface area contributed by atoms with Gasteiger partial charge < -0.3 is 4.90 Å². The third kappa shape index (κ3) is 1.44. The van der Waals surface area contributed by atoms with Crippen molar-refractivity contribution in [1.29, 1.82) is 0 Å². The van der Waals surface area contributed by atoms with Gasteiger partial charge in [0.05, 0.1) is 11.7 Å². The van der Waals surface area contributed by atoms with Gasteiger partial charge in [0.15, 0.2) is 0 Å². The molecule has 1 heterocycles. The lowest BCUT2D eigenvalue weighted by Gasteiger charge is -2.22. The van der Waals surface area contributed by atoms with E-state index < -0.39 is 0 Å². The van der Waals surface area contributed by atoms with Crippen LogP contribution in [0.2, 0.25) is 0 Å². The summed E-state index contributed by atoms with van der Waals surface area (Å²) in [6.45, 7) is 5.22. The van der Waals surface area contributed by atoms with Gasteiger partial charge in [-0.15, -0.1) is 0 Å². The van der Waals surface area contributed by atoms with Gasteiger partial charge in [-0.2, -0.15) is 0 Å². The van der Waals surface area contributed by atoms with Crippen molar-refractivity contribution in [3.8, 4) is 0 Å². The Labute approximate surface area is 85.8 Å². The van der Waals surface area contributed by atoms with E-state index in [1.165, 1.54) is 0 Å². The highest BCUT2D eigenvalue weighted by Gasteiger charge is 2.58. The van der Waals surface area contributed by atoms with Crippen molar-refractivity contribution >= 4 is 5.91 Å². The van der Waals surface area contributed by atoms with Gasteiger partial charge in [0.25, 0.3) is 0 Å². The Bertz CT molecular complexity index is 235. The van der Waals surface area contributed by atoms with E-state index in [0.29, 0.717) is 12.1 Å². The van der Waals surface area contributed by atoms with Crippen LogP contribution in [0.1, 0.15) is 46.0 Å². The van der Waals surface area contributed by atoms with E-state index in [2.05, 4.69) is 24.1 Å². The predicted molar refractivity (Wildman–Crippen MR) is 55.8 cm³/mol. The van der Waals surface area contributed by atoms with E-state index in [1.54, 1.807) is 0 Å². The maximum Gasteiger partial charge on any atom is 0.244 e. The predicted octanol–water partition coefficient (Wildman–Crippen LogP) is 1.49. The Morgan fingerprint density at radius 2 is 2.14 bits per heavy atom. The highest BCUT2D eigenvalue weighted by atomic mass is 16.2. The minimum Gasteiger partial charge on any atom is -0.326 e. The van der Waals surface area contributed by atoms with Gasteiger partial charge in [-0.05, 0) is 25.7 Å². The molecule has 3 heteroatoms. The molecule has 1 N–H and O–H groups in total. The number of carbonyl (C=O) groups is 1. The lowest BCUT2D eigenvalue weighted by molar-refractivity contribution is -0.130. The molecule has 80 valence electrons. The van der Waals surface area contributed by atoms with Crippen LogP contribution in [0.3, 0.4) is 0 Å². The Morgan fingerprint density at radius 1 is 1.43 bits per heavy atom. The number of hydrogen-bond donors (Lipinski definition) is 1. The largest absolute Gasteiger partial charge is 0.326 e. The van der Waals surface area contributed by atoms with Gasteiger partial charge in [-0.1, -0.05) is 20.3 Å². The van der Waals surface area contributed by atoms with E-state index in [0.717, 1.165) is 38.6 Å². The van der Waals surface area contributed by atoms with Gasteiger partial charge in [0.2, 0.25) is 5.91 Å². The number of nitrogens with one attached hydrogen (secondary N) is 1. The fraction of sp³-hybridized carbons (Fsp3) is 0.909. The molecule has 1 aliphatic heterocycles. The second-order valence-electron chi connectivity index (χ2n) is 4.53. The van der Waals surface area contributed by atoms with Gasteiger partial charge in [-0.25, -0.2) is 0 Å². The zero-order chi connectivity index (χ0) is 10.2. The summed E-state index contributed by atoms with van der Waals surface area (Å²) >= 11 is 0. The molecule has 3 nitrogen and oxygen atoms in total. The zero-order valence-electron chi connectivity index (χ0n) is 9.18. The van der Waals surface area contributed by atoms with Gasteiger partial charge in [-0.3, -0.25) is 10.1 Å². The van der Waals surface area contributed by atoms with E-state index in [-0.39, 0.29) is 5.54 Å². The molecule has 14 heavy (non-hydrogen) atoms. The highest BCUT2D eigenvalue weighted by Crippen LogP contribution is 2.42. The Balaban J connectivity index is 2.05. The van der Waals surface area contributed by atoms with Crippen molar-refractivity contribution in [3.63, 3.8) is 0 Å². The molecule has 2 fully saturated rings. The Morgan fingerprint density at radius 3 is 2.64 bits per heavy atom. The van der Waals surface area contributed by atoms with Crippen LogP contribution in [0.4, 0.5) is 0 Å². The number of rotatable bonds is 4. The summed E-state index contributed by atoms with van der Waals surface area (Å²) < 4.78 is 0. The normalized spacial score (nSPS) is 28.9. The Hall–Kier alpha value is -0.570. The second-order valence-corrected chi connectivity index (χ2v) is 4.53.